The molecule has 0 saturated heterocycles. The minimum atomic E-state index is -1.05. The highest BCUT2D eigenvalue weighted by Gasteiger charge is 2.28. The molecule has 1 aromatic heterocycles. The molecule has 0 spiro atoms. The van der Waals surface area contributed by atoms with Gasteiger partial charge in [-0.15, -0.1) is 0 Å². The third kappa shape index (κ3) is 4.55. The number of carbonyl (C=O) groups excluding carboxylic acids is 1. The highest BCUT2D eigenvalue weighted by Crippen LogP contribution is 2.27. The van der Waals surface area contributed by atoms with E-state index in [0.29, 0.717) is 17.0 Å². The first-order valence-electron chi connectivity index (χ1n) is 8.57. The lowest BCUT2D eigenvalue weighted by Gasteiger charge is -2.19. The topological polar surface area (TPSA) is 96.5 Å². The summed E-state index contributed by atoms with van der Waals surface area (Å²) in [7, 11) is 1.48. The van der Waals surface area contributed by atoms with Gasteiger partial charge in [-0.2, -0.15) is 4.98 Å². The maximum atomic E-state index is 12.9. The van der Waals surface area contributed by atoms with E-state index in [0.717, 1.165) is 5.56 Å². The second-order valence-electron chi connectivity index (χ2n) is 6.26. The fraction of sp³-hybridized carbons (Fsp3) is 0.200. The number of hydrogen-bond acceptors (Lipinski definition) is 5. The number of carboxylic acids is 1. The molecule has 7 nitrogen and oxygen atoms in total. The molecule has 0 fully saturated rings. The van der Waals surface area contributed by atoms with Gasteiger partial charge in [0.05, 0.1) is 17.4 Å². The Labute approximate surface area is 166 Å². The third-order valence-electron chi connectivity index (χ3n) is 4.24. The van der Waals surface area contributed by atoms with Gasteiger partial charge in [-0.3, -0.25) is 14.5 Å². The minimum absolute atomic E-state index is 0.0247. The molecule has 0 aliphatic heterocycles. The Hall–Kier alpha value is -3.19. The quantitative estimate of drug-likeness (QED) is 0.650. The number of amides is 1. The van der Waals surface area contributed by atoms with Crippen LogP contribution in [0.3, 0.4) is 0 Å². The zero-order valence-electron chi connectivity index (χ0n) is 15.1. The molecule has 0 aliphatic rings. The molecule has 28 heavy (non-hydrogen) atoms. The summed E-state index contributed by atoms with van der Waals surface area (Å²) in [4.78, 5) is 29.6. The molecule has 1 heterocycles. The number of rotatable bonds is 7. The van der Waals surface area contributed by atoms with Crippen LogP contribution < -0.4 is 4.90 Å². The smallest absolute Gasteiger partial charge is 0.330 e. The van der Waals surface area contributed by atoms with Crippen LogP contribution in [0.25, 0.3) is 11.4 Å². The average Bonchev–Trinajstić information content (AvgIpc) is 3.17. The molecule has 0 aliphatic carbocycles. The first-order chi connectivity index (χ1) is 13.5. The molecule has 0 bridgehead atoms. The second kappa shape index (κ2) is 8.67. The zero-order chi connectivity index (χ0) is 20.1. The molecule has 2 aromatic carbocycles. The average molecular weight is 400 g/mol. The number of carbonyl (C=O) groups is 2. The summed E-state index contributed by atoms with van der Waals surface area (Å²) in [6.45, 7) is 0. The lowest BCUT2D eigenvalue weighted by molar-refractivity contribution is -0.140. The van der Waals surface area contributed by atoms with Crippen molar-refractivity contribution in [3.05, 3.63) is 65.2 Å². The van der Waals surface area contributed by atoms with Gasteiger partial charge in [-0.05, 0) is 24.1 Å². The van der Waals surface area contributed by atoms with Crippen molar-refractivity contribution in [1.82, 2.24) is 10.1 Å². The highest BCUT2D eigenvalue weighted by atomic mass is 35.5. The number of aliphatic carboxylic acids is 1. The monoisotopic (exact) mass is 399 g/mol. The Morgan fingerprint density at radius 1 is 1.14 bits per heavy atom. The van der Waals surface area contributed by atoms with E-state index < -0.39 is 17.8 Å². The summed E-state index contributed by atoms with van der Waals surface area (Å²) < 4.78 is 5.20. The standard InChI is InChI=1S/C20H18ClN3O4/c1-24(20-22-18(23-28-20)15-9-5-6-10-16(15)21)19(27)14(12-17(25)26)11-13-7-3-2-4-8-13/h2-10,14H,11-12H2,1H3,(H,25,26). The van der Waals surface area contributed by atoms with Crippen LogP contribution in [0.2, 0.25) is 5.02 Å². The number of benzene rings is 2. The molecule has 1 N–H and O–H groups in total. The van der Waals surface area contributed by atoms with Crippen molar-refractivity contribution in [2.75, 3.05) is 11.9 Å². The zero-order valence-corrected chi connectivity index (χ0v) is 15.8. The predicted octanol–water partition coefficient (Wildman–Crippen LogP) is 3.69. The summed E-state index contributed by atoms with van der Waals surface area (Å²) in [5, 5.41) is 13.5. The molecule has 1 amide bonds. The number of hydrogen-bond donors (Lipinski definition) is 1. The van der Waals surface area contributed by atoms with Crippen LogP contribution >= 0.6 is 11.6 Å². The van der Waals surface area contributed by atoms with Crippen molar-refractivity contribution in [2.24, 2.45) is 5.92 Å². The predicted molar refractivity (Wildman–Crippen MR) is 104 cm³/mol. The van der Waals surface area contributed by atoms with E-state index in [-0.39, 0.29) is 18.3 Å². The van der Waals surface area contributed by atoms with Crippen molar-refractivity contribution in [3.8, 4) is 11.4 Å². The van der Waals surface area contributed by atoms with Gasteiger partial charge in [0.2, 0.25) is 11.7 Å². The van der Waals surface area contributed by atoms with Crippen molar-refractivity contribution < 1.29 is 19.2 Å². The van der Waals surface area contributed by atoms with E-state index >= 15 is 0 Å². The maximum Gasteiger partial charge on any atom is 0.330 e. The van der Waals surface area contributed by atoms with Gasteiger partial charge >= 0.3 is 12.0 Å². The molecular weight excluding hydrogens is 382 g/mol. The van der Waals surface area contributed by atoms with Gasteiger partial charge in [0.15, 0.2) is 0 Å². The van der Waals surface area contributed by atoms with E-state index in [2.05, 4.69) is 10.1 Å². The van der Waals surface area contributed by atoms with Gasteiger partial charge < -0.3 is 9.63 Å². The van der Waals surface area contributed by atoms with E-state index in [1.54, 1.807) is 24.3 Å². The summed E-state index contributed by atoms with van der Waals surface area (Å²) in [5.74, 6) is -1.98. The Morgan fingerprint density at radius 2 is 1.82 bits per heavy atom. The first kappa shape index (κ1) is 19.6. The Bertz CT molecular complexity index is 974. The minimum Gasteiger partial charge on any atom is -0.481 e. The van der Waals surface area contributed by atoms with Crippen LogP contribution in [0.5, 0.6) is 0 Å². The van der Waals surface area contributed by atoms with E-state index in [9.17, 15) is 14.7 Å². The molecule has 1 atom stereocenters. The molecule has 1 unspecified atom stereocenters. The SMILES string of the molecule is CN(C(=O)C(CC(=O)O)Cc1ccccc1)c1nc(-c2ccccc2Cl)no1. The fourth-order valence-corrected chi connectivity index (χ4v) is 3.05. The van der Waals surface area contributed by atoms with Crippen LogP contribution in [-0.4, -0.2) is 34.2 Å². The van der Waals surface area contributed by atoms with Crippen molar-refractivity contribution >= 4 is 29.5 Å². The Morgan fingerprint density at radius 3 is 2.50 bits per heavy atom. The van der Waals surface area contributed by atoms with Crippen molar-refractivity contribution in [2.45, 2.75) is 12.8 Å². The number of halogens is 1. The van der Waals surface area contributed by atoms with Crippen LogP contribution in [0.15, 0.2) is 59.1 Å². The van der Waals surface area contributed by atoms with E-state index in [1.165, 1.54) is 11.9 Å². The van der Waals surface area contributed by atoms with Crippen LogP contribution in [0.1, 0.15) is 12.0 Å². The van der Waals surface area contributed by atoms with Crippen molar-refractivity contribution in [3.63, 3.8) is 0 Å². The Kier molecular flexibility index (Phi) is 6.06. The summed E-state index contributed by atoms with van der Waals surface area (Å²) in [6, 6.07) is 16.2. The Balaban J connectivity index is 1.81. The van der Waals surface area contributed by atoms with E-state index in [1.807, 2.05) is 30.3 Å². The van der Waals surface area contributed by atoms with E-state index in [4.69, 9.17) is 16.1 Å². The van der Waals surface area contributed by atoms with Gasteiger partial charge in [0.25, 0.3) is 0 Å². The number of anilines is 1. The van der Waals surface area contributed by atoms with Gasteiger partial charge in [0, 0.05) is 12.6 Å². The molecule has 3 rings (SSSR count). The van der Waals surface area contributed by atoms with Crippen LogP contribution in [0, 0.1) is 5.92 Å². The molecule has 144 valence electrons. The fourth-order valence-electron chi connectivity index (χ4n) is 2.83. The molecular formula is C20H18ClN3O4. The maximum absolute atomic E-state index is 12.9. The third-order valence-corrected chi connectivity index (χ3v) is 4.57. The summed E-state index contributed by atoms with van der Waals surface area (Å²) in [5.41, 5.74) is 1.45. The van der Waals surface area contributed by atoms with Gasteiger partial charge in [-0.1, -0.05) is 59.2 Å². The number of carboxylic acid groups (broad SMARTS) is 1. The lowest BCUT2D eigenvalue weighted by Crippen LogP contribution is -2.35. The van der Waals surface area contributed by atoms with Crippen LogP contribution in [-0.2, 0) is 16.0 Å². The van der Waals surface area contributed by atoms with Gasteiger partial charge in [-0.25, -0.2) is 0 Å². The largest absolute Gasteiger partial charge is 0.481 e. The molecule has 0 saturated carbocycles. The number of nitrogens with zero attached hydrogens (tertiary/aromatic N) is 3. The normalized spacial score (nSPS) is 11.8. The second-order valence-corrected chi connectivity index (χ2v) is 6.67. The number of aromatic nitrogens is 2. The molecule has 3 aromatic rings. The van der Waals surface area contributed by atoms with Crippen molar-refractivity contribution in [1.29, 1.82) is 0 Å². The lowest BCUT2D eigenvalue weighted by atomic mass is 9.95. The summed E-state index contributed by atoms with van der Waals surface area (Å²) >= 11 is 6.14. The molecule has 0 radical (unpaired) electrons. The highest BCUT2D eigenvalue weighted by molar-refractivity contribution is 6.33. The molecule has 8 heteroatoms. The summed E-state index contributed by atoms with van der Waals surface area (Å²) in [6.07, 6.45) is -0.00854. The van der Waals surface area contributed by atoms with Gasteiger partial charge in [0.1, 0.15) is 0 Å². The van der Waals surface area contributed by atoms with Crippen LogP contribution in [0.4, 0.5) is 6.01 Å². The first-order valence-corrected chi connectivity index (χ1v) is 8.95.